The Bertz CT molecular complexity index is 2300. The summed E-state index contributed by atoms with van der Waals surface area (Å²) in [4.78, 5) is 50.7. The summed E-state index contributed by atoms with van der Waals surface area (Å²) in [5.74, 6) is 0. The molecule has 286 valence electrons. The first kappa shape index (κ1) is 39.0. The Hall–Kier alpha value is -5.74. The Balaban J connectivity index is 1.44. The first-order chi connectivity index (χ1) is 26.1. The standard InChI is InChI=1S/C40H39N3O11S/c1-27-25-41(38(46)53-39(2,3)4)37(45)42(36(27)44)35-24-33(54-55(49,50)32-22-20-31(21-23-32)43(47)48)34(52-35)26-51-40(28-14-8-5-9-15-28,29-16-10-6-11-17-29)30-18-12-7-13-19-30/h5-23,25,33-35H,24,26H2,1-4H3/t33-,34-,35+/m1/s1. The van der Waals surface area contributed by atoms with Crippen LogP contribution < -0.4 is 11.2 Å². The van der Waals surface area contributed by atoms with E-state index in [9.17, 15) is 32.9 Å². The molecule has 1 aliphatic heterocycles. The lowest BCUT2D eigenvalue weighted by molar-refractivity contribution is -0.384. The molecule has 0 N–H and O–H groups in total. The summed E-state index contributed by atoms with van der Waals surface area (Å²) in [5.41, 5.74) is -2.16. The molecule has 0 radical (unpaired) electrons. The van der Waals surface area contributed by atoms with Crippen molar-refractivity contribution in [2.45, 2.75) is 68.6 Å². The van der Waals surface area contributed by atoms with Gasteiger partial charge in [0, 0.05) is 30.3 Å². The first-order valence-electron chi connectivity index (χ1n) is 17.3. The SMILES string of the molecule is Cc1cn(C(=O)OC(C)(C)C)c(=O)n([C@@H]2C[C@@H](OS(=O)(=O)c3ccc([N+](=O)[O-])cc3)[C@@H](COC(c3ccccc3)(c3ccccc3)c3ccccc3)O2)c1=O. The minimum Gasteiger partial charge on any atom is -0.443 e. The van der Waals surface area contributed by atoms with Gasteiger partial charge in [0.15, 0.2) is 0 Å². The number of carbonyl (C=O) groups excluding carboxylic acids is 1. The molecule has 0 aliphatic carbocycles. The van der Waals surface area contributed by atoms with Crippen LogP contribution in [0.2, 0.25) is 0 Å². The first-order valence-corrected chi connectivity index (χ1v) is 18.7. The van der Waals surface area contributed by atoms with Crippen LogP contribution in [0, 0.1) is 17.0 Å². The van der Waals surface area contributed by atoms with Crippen LogP contribution in [0.3, 0.4) is 0 Å². The quantitative estimate of drug-likeness (QED) is 0.0659. The lowest BCUT2D eigenvalue weighted by Crippen LogP contribution is -2.46. The molecule has 0 saturated carbocycles. The predicted octanol–water partition coefficient (Wildman–Crippen LogP) is 6.08. The topological polar surface area (TPSA) is 175 Å². The molecular formula is C40H39N3O11S. The van der Waals surface area contributed by atoms with E-state index in [-0.39, 0.29) is 29.2 Å². The van der Waals surface area contributed by atoms with Gasteiger partial charge in [-0.15, -0.1) is 0 Å². The number of aromatic nitrogens is 2. The molecule has 5 aromatic rings. The summed E-state index contributed by atoms with van der Waals surface area (Å²) in [6.07, 6.45) is -4.30. The Morgan fingerprint density at radius 2 is 1.36 bits per heavy atom. The van der Waals surface area contributed by atoms with E-state index in [1.165, 1.54) is 6.92 Å². The van der Waals surface area contributed by atoms with Crippen molar-refractivity contribution < 1.29 is 36.5 Å². The maximum Gasteiger partial charge on any atom is 0.422 e. The van der Waals surface area contributed by atoms with Gasteiger partial charge >= 0.3 is 11.8 Å². The van der Waals surface area contributed by atoms with Crippen molar-refractivity contribution in [3.63, 3.8) is 0 Å². The van der Waals surface area contributed by atoms with Crippen molar-refractivity contribution in [1.82, 2.24) is 9.13 Å². The highest BCUT2D eigenvalue weighted by molar-refractivity contribution is 7.86. The Kier molecular flexibility index (Phi) is 11.0. The number of carbonyl (C=O) groups is 1. The number of nitro benzene ring substituents is 1. The average Bonchev–Trinajstić information content (AvgIpc) is 3.54. The zero-order valence-corrected chi connectivity index (χ0v) is 31.3. The molecule has 1 aromatic heterocycles. The number of hydrogen-bond donors (Lipinski definition) is 0. The molecule has 0 spiro atoms. The molecule has 0 amide bonds. The minimum absolute atomic E-state index is 0.0148. The van der Waals surface area contributed by atoms with Crippen molar-refractivity contribution in [3.8, 4) is 0 Å². The van der Waals surface area contributed by atoms with Crippen LogP contribution in [0.15, 0.2) is 136 Å². The van der Waals surface area contributed by atoms with Crippen molar-refractivity contribution in [3.05, 3.63) is 175 Å². The van der Waals surface area contributed by atoms with Gasteiger partial charge in [-0.2, -0.15) is 8.42 Å². The molecule has 0 bridgehead atoms. The van der Waals surface area contributed by atoms with Gasteiger partial charge in [0.05, 0.1) is 16.4 Å². The van der Waals surface area contributed by atoms with Crippen molar-refractivity contribution in [2.75, 3.05) is 6.61 Å². The number of hydrogen-bond acceptors (Lipinski definition) is 11. The molecule has 4 aromatic carbocycles. The van der Waals surface area contributed by atoms with Crippen LogP contribution in [-0.2, 0) is 34.1 Å². The van der Waals surface area contributed by atoms with Crippen LogP contribution in [0.1, 0.15) is 55.7 Å². The number of aryl methyl sites for hydroxylation is 1. The van der Waals surface area contributed by atoms with E-state index in [0.717, 1.165) is 51.7 Å². The summed E-state index contributed by atoms with van der Waals surface area (Å²) in [5, 5.41) is 11.2. The van der Waals surface area contributed by atoms with Crippen molar-refractivity contribution in [1.29, 1.82) is 0 Å². The van der Waals surface area contributed by atoms with Gasteiger partial charge in [-0.1, -0.05) is 91.0 Å². The van der Waals surface area contributed by atoms with Crippen molar-refractivity contribution in [2.24, 2.45) is 0 Å². The maximum absolute atomic E-state index is 13.8. The van der Waals surface area contributed by atoms with E-state index in [2.05, 4.69) is 0 Å². The molecule has 1 saturated heterocycles. The lowest BCUT2D eigenvalue weighted by atomic mass is 9.80. The Morgan fingerprint density at radius 1 is 0.855 bits per heavy atom. The number of nitrogens with zero attached hydrogens (tertiary/aromatic N) is 3. The van der Waals surface area contributed by atoms with Gasteiger partial charge < -0.3 is 14.2 Å². The fourth-order valence-electron chi connectivity index (χ4n) is 6.43. The maximum atomic E-state index is 13.8. The highest BCUT2D eigenvalue weighted by Crippen LogP contribution is 2.42. The van der Waals surface area contributed by atoms with E-state index in [1.807, 2.05) is 91.0 Å². The number of nitro groups is 1. The number of benzene rings is 4. The number of non-ortho nitro benzene ring substituents is 1. The normalized spacial score (nSPS) is 17.5. The van der Waals surface area contributed by atoms with Crippen molar-refractivity contribution >= 4 is 21.9 Å². The molecule has 55 heavy (non-hydrogen) atoms. The third kappa shape index (κ3) is 8.19. The van der Waals surface area contributed by atoms with Gasteiger partial charge in [0.2, 0.25) is 0 Å². The summed E-state index contributed by atoms with van der Waals surface area (Å²) < 4.78 is 53.2. The smallest absolute Gasteiger partial charge is 0.422 e. The average molecular weight is 770 g/mol. The van der Waals surface area contributed by atoms with E-state index < -0.39 is 62.0 Å². The second-order valence-electron chi connectivity index (χ2n) is 13.9. The molecule has 0 unspecified atom stereocenters. The van der Waals surface area contributed by atoms with Crippen LogP contribution in [0.4, 0.5) is 10.5 Å². The fraction of sp³-hybridized carbons (Fsp3) is 0.275. The summed E-state index contributed by atoms with van der Waals surface area (Å²) in [7, 11) is -4.61. The zero-order chi connectivity index (χ0) is 39.5. The molecule has 3 atom stereocenters. The molecule has 6 rings (SSSR count). The number of ether oxygens (including phenoxy) is 3. The number of rotatable bonds is 11. The minimum atomic E-state index is -4.61. The van der Waals surface area contributed by atoms with Crippen LogP contribution >= 0.6 is 0 Å². The molecule has 14 nitrogen and oxygen atoms in total. The monoisotopic (exact) mass is 769 g/mol. The summed E-state index contributed by atoms with van der Waals surface area (Å²) >= 11 is 0. The van der Waals surface area contributed by atoms with Gasteiger partial charge in [0.25, 0.3) is 21.4 Å². The molecule has 15 heteroatoms. The molecule has 1 aliphatic rings. The molecule has 2 heterocycles. The summed E-state index contributed by atoms with van der Waals surface area (Å²) in [6.45, 7) is 5.96. The van der Waals surface area contributed by atoms with E-state index in [1.54, 1.807) is 20.8 Å². The largest absolute Gasteiger partial charge is 0.443 e. The van der Waals surface area contributed by atoms with E-state index in [0.29, 0.717) is 4.57 Å². The van der Waals surface area contributed by atoms with Gasteiger partial charge in [0.1, 0.15) is 29.6 Å². The third-order valence-electron chi connectivity index (χ3n) is 8.94. The lowest BCUT2D eigenvalue weighted by Gasteiger charge is -2.37. The molecule has 1 fully saturated rings. The third-order valence-corrected chi connectivity index (χ3v) is 10.3. The van der Waals surface area contributed by atoms with Crippen LogP contribution in [0.5, 0.6) is 0 Å². The predicted molar refractivity (Wildman–Crippen MR) is 200 cm³/mol. The van der Waals surface area contributed by atoms with Gasteiger partial charge in [-0.25, -0.2) is 18.7 Å². The molecular weight excluding hydrogens is 731 g/mol. The summed E-state index contributed by atoms with van der Waals surface area (Å²) in [6, 6.07) is 32.3. The highest BCUT2D eigenvalue weighted by Gasteiger charge is 2.45. The Morgan fingerprint density at radius 3 is 1.84 bits per heavy atom. The Labute approximate surface area is 316 Å². The second-order valence-corrected chi connectivity index (χ2v) is 15.5. The van der Waals surface area contributed by atoms with E-state index >= 15 is 0 Å². The van der Waals surface area contributed by atoms with Gasteiger partial charge in [-0.3, -0.25) is 19.1 Å². The van der Waals surface area contributed by atoms with Crippen LogP contribution in [0.25, 0.3) is 0 Å². The van der Waals surface area contributed by atoms with E-state index in [4.69, 9.17) is 18.4 Å². The van der Waals surface area contributed by atoms with Crippen LogP contribution in [-0.4, -0.2) is 53.0 Å². The van der Waals surface area contributed by atoms with Gasteiger partial charge in [-0.05, 0) is 56.5 Å². The highest BCUT2D eigenvalue weighted by atomic mass is 32.2. The fourth-order valence-corrected chi connectivity index (χ4v) is 7.54. The zero-order valence-electron chi connectivity index (χ0n) is 30.4. The second kappa shape index (κ2) is 15.5.